The van der Waals surface area contributed by atoms with Crippen molar-refractivity contribution in [2.24, 2.45) is 0 Å². The molecule has 0 unspecified atom stereocenters. The number of hydrogen-bond donors (Lipinski definition) is 0. The van der Waals surface area contributed by atoms with Crippen LogP contribution in [0.3, 0.4) is 0 Å². The van der Waals surface area contributed by atoms with E-state index in [1.165, 1.54) is 27.0 Å². The Bertz CT molecular complexity index is 889. The summed E-state index contributed by atoms with van der Waals surface area (Å²) in [6, 6.07) is 18.9. The Hall–Kier alpha value is -2.22. The van der Waals surface area contributed by atoms with E-state index in [0.29, 0.717) is 0 Å². The van der Waals surface area contributed by atoms with E-state index in [2.05, 4.69) is 50.3 Å². The Morgan fingerprint density at radius 3 is 2.50 bits per heavy atom. The molecule has 0 radical (unpaired) electrons. The first-order valence-electron chi connectivity index (χ1n) is 6.14. The van der Waals surface area contributed by atoms with Gasteiger partial charge in [-0.3, -0.25) is 0 Å². The fraction of sp³-hybridized carbons (Fsp3) is 0. The highest BCUT2D eigenvalue weighted by Gasteiger charge is 2.11. The van der Waals surface area contributed by atoms with Crippen LogP contribution in [-0.2, 0) is 0 Å². The van der Waals surface area contributed by atoms with Gasteiger partial charge in [-0.15, -0.1) is 0 Å². The van der Waals surface area contributed by atoms with E-state index < -0.39 is 0 Å². The molecule has 0 fully saturated rings. The summed E-state index contributed by atoms with van der Waals surface area (Å²) in [5, 5.41) is 5.00. The Labute approximate surface area is 105 Å². The minimum Gasteiger partial charge on any atom is -0.456 e. The van der Waals surface area contributed by atoms with Gasteiger partial charge in [-0.05, 0) is 22.9 Å². The van der Waals surface area contributed by atoms with Crippen LogP contribution in [0.15, 0.2) is 59.0 Å². The lowest BCUT2D eigenvalue weighted by Gasteiger charge is -2.00. The third-order valence-electron chi connectivity index (χ3n) is 3.60. The molecule has 4 rings (SSSR count). The van der Waals surface area contributed by atoms with Crippen molar-refractivity contribution in [3.63, 3.8) is 0 Å². The normalized spacial score (nSPS) is 11.6. The zero-order chi connectivity index (χ0) is 12.1. The van der Waals surface area contributed by atoms with Crippen LogP contribution >= 0.6 is 0 Å². The van der Waals surface area contributed by atoms with E-state index >= 15 is 0 Å². The zero-order valence-electron chi connectivity index (χ0n) is 10.1. The van der Waals surface area contributed by atoms with Crippen LogP contribution in [0.25, 0.3) is 32.7 Å². The van der Waals surface area contributed by atoms with Crippen LogP contribution in [0.5, 0.6) is 0 Å². The molecule has 0 atom stereocenters. The van der Waals surface area contributed by atoms with Gasteiger partial charge in [-0.2, -0.15) is 0 Å². The molecule has 1 aromatic heterocycles. The largest absolute Gasteiger partial charge is 0.456 e. The molecule has 0 aliphatic heterocycles. The Balaban J connectivity index is 2.40. The lowest BCUT2D eigenvalue weighted by Crippen LogP contribution is -2.01. The van der Waals surface area contributed by atoms with Gasteiger partial charge in [0.25, 0.3) is 0 Å². The van der Waals surface area contributed by atoms with Crippen LogP contribution in [0, 0.1) is 0 Å². The molecule has 0 amide bonds. The van der Waals surface area contributed by atoms with Gasteiger partial charge >= 0.3 is 0 Å². The van der Waals surface area contributed by atoms with E-state index in [-0.39, 0.29) is 0 Å². The summed E-state index contributed by atoms with van der Waals surface area (Å²) in [5.74, 6) is 0. The fourth-order valence-corrected chi connectivity index (χ4v) is 2.76. The lowest BCUT2D eigenvalue weighted by atomic mass is 9.90. The lowest BCUT2D eigenvalue weighted by molar-refractivity contribution is 0.669. The first-order valence-corrected chi connectivity index (χ1v) is 6.14. The molecule has 0 aliphatic carbocycles. The molecule has 84 valence electrons. The number of rotatable bonds is 0. The maximum atomic E-state index is 5.94. The van der Waals surface area contributed by atoms with Crippen LogP contribution < -0.4 is 5.46 Å². The van der Waals surface area contributed by atoms with E-state index in [0.717, 1.165) is 11.2 Å². The first kappa shape index (κ1) is 9.78. The molecule has 0 aliphatic rings. The Morgan fingerprint density at radius 1 is 0.722 bits per heavy atom. The third-order valence-corrected chi connectivity index (χ3v) is 3.60. The minimum absolute atomic E-state index is 0.970. The van der Waals surface area contributed by atoms with Crippen molar-refractivity contribution < 1.29 is 4.42 Å². The maximum absolute atomic E-state index is 5.94. The molecule has 18 heavy (non-hydrogen) atoms. The Morgan fingerprint density at radius 2 is 1.56 bits per heavy atom. The SMILES string of the molecule is Bc1cccc2oc3ccc4ccccc4c3c12. The molecule has 4 aromatic rings. The van der Waals surface area contributed by atoms with Crippen LogP contribution in [-0.4, -0.2) is 7.85 Å². The third kappa shape index (κ3) is 1.18. The van der Waals surface area contributed by atoms with Crippen molar-refractivity contribution in [3.05, 3.63) is 54.6 Å². The van der Waals surface area contributed by atoms with Gasteiger partial charge in [0.05, 0.1) is 0 Å². The average molecular weight is 230 g/mol. The van der Waals surface area contributed by atoms with Crippen molar-refractivity contribution in [2.45, 2.75) is 0 Å². The molecule has 0 saturated carbocycles. The topological polar surface area (TPSA) is 13.1 Å². The standard InChI is InChI=1S/C16H11BO/c17-12-6-3-7-13-16(12)15-11-5-2-1-4-10(11)8-9-14(15)18-13/h1-9H,17H2. The van der Waals surface area contributed by atoms with E-state index in [1.807, 2.05) is 12.1 Å². The fourth-order valence-electron chi connectivity index (χ4n) is 2.76. The molecular weight excluding hydrogens is 219 g/mol. The van der Waals surface area contributed by atoms with E-state index in [9.17, 15) is 0 Å². The van der Waals surface area contributed by atoms with Crippen molar-refractivity contribution >= 4 is 46.0 Å². The highest BCUT2D eigenvalue weighted by atomic mass is 16.3. The summed E-state index contributed by atoms with van der Waals surface area (Å²) in [4.78, 5) is 0. The molecule has 1 heterocycles. The summed E-state index contributed by atoms with van der Waals surface area (Å²) in [5.41, 5.74) is 3.21. The Kier molecular flexibility index (Phi) is 1.84. The number of furan rings is 1. The second-order valence-electron chi connectivity index (χ2n) is 4.71. The highest BCUT2D eigenvalue weighted by molar-refractivity contribution is 6.42. The number of fused-ring (bicyclic) bond motifs is 5. The highest BCUT2D eigenvalue weighted by Crippen LogP contribution is 2.33. The van der Waals surface area contributed by atoms with Gasteiger partial charge in [0.15, 0.2) is 0 Å². The van der Waals surface area contributed by atoms with Gasteiger partial charge in [-0.25, -0.2) is 0 Å². The molecule has 0 spiro atoms. The van der Waals surface area contributed by atoms with E-state index in [1.54, 1.807) is 0 Å². The van der Waals surface area contributed by atoms with Crippen molar-refractivity contribution in [3.8, 4) is 0 Å². The molecule has 0 saturated heterocycles. The quantitative estimate of drug-likeness (QED) is 0.423. The van der Waals surface area contributed by atoms with Gasteiger partial charge in [0.1, 0.15) is 19.0 Å². The van der Waals surface area contributed by atoms with Crippen molar-refractivity contribution in [1.29, 1.82) is 0 Å². The predicted octanol–water partition coefficient (Wildman–Crippen LogP) is 3.00. The summed E-state index contributed by atoms with van der Waals surface area (Å²) < 4.78 is 5.94. The molecule has 0 bridgehead atoms. The summed E-state index contributed by atoms with van der Waals surface area (Å²) in [6.07, 6.45) is 0. The van der Waals surface area contributed by atoms with Crippen LogP contribution in [0.1, 0.15) is 0 Å². The molecule has 3 aromatic carbocycles. The van der Waals surface area contributed by atoms with Gasteiger partial charge < -0.3 is 4.42 Å². The monoisotopic (exact) mass is 230 g/mol. The summed E-state index contributed by atoms with van der Waals surface area (Å²) >= 11 is 0. The van der Waals surface area contributed by atoms with Crippen LogP contribution in [0.4, 0.5) is 0 Å². The molecule has 1 nitrogen and oxygen atoms in total. The zero-order valence-corrected chi connectivity index (χ0v) is 10.1. The van der Waals surface area contributed by atoms with Gasteiger partial charge in [-0.1, -0.05) is 47.9 Å². The second kappa shape index (κ2) is 3.39. The second-order valence-corrected chi connectivity index (χ2v) is 4.71. The smallest absolute Gasteiger partial charge is 0.140 e. The average Bonchev–Trinajstić information content (AvgIpc) is 2.79. The van der Waals surface area contributed by atoms with E-state index in [4.69, 9.17) is 4.42 Å². The van der Waals surface area contributed by atoms with Crippen LogP contribution in [0.2, 0.25) is 0 Å². The van der Waals surface area contributed by atoms with Gasteiger partial charge in [0.2, 0.25) is 0 Å². The first-order chi connectivity index (χ1) is 8.84. The summed E-state index contributed by atoms with van der Waals surface area (Å²) in [7, 11) is 2.14. The maximum Gasteiger partial charge on any atom is 0.140 e. The summed E-state index contributed by atoms with van der Waals surface area (Å²) in [6.45, 7) is 0. The minimum atomic E-state index is 0.970. The van der Waals surface area contributed by atoms with Crippen molar-refractivity contribution in [1.82, 2.24) is 0 Å². The predicted molar refractivity (Wildman–Crippen MR) is 79.4 cm³/mol. The number of benzene rings is 3. The molecule has 0 N–H and O–H groups in total. The van der Waals surface area contributed by atoms with Crippen molar-refractivity contribution in [2.75, 3.05) is 0 Å². The van der Waals surface area contributed by atoms with Gasteiger partial charge in [0, 0.05) is 10.8 Å². The molecule has 2 heteroatoms. The number of hydrogen-bond acceptors (Lipinski definition) is 1. The molecular formula is C16H11BO.